The summed E-state index contributed by atoms with van der Waals surface area (Å²) in [5.74, 6) is -2.39. The Balaban J connectivity index is 1.49. The molecule has 0 N–H and O–H groups in total. The molecule has 3 rings (SSSR count). The van der Waals surface area contributed by atoms with Gasteiger partial charge in [0, 0.05) is 37.9 Å². The van der Waals surface area contributed by atoms with Crippen molar-refractivity contribution in [2.75, 3.05) is 44.8 Å². The first kappa shape index (κ1) is 19.6. The number of anilines is 1. The average molecular weight is 390 g/mol. The van der Waals surface area contributed by atoms with E-state index in [9.17, 15) is 18.4 Å². The fourth-order valence-corrected chi connectivity index (χ4v) is 2.96. The van der Waals surface area contributed by atoms with Crippen molar-refractivity contribution in [2.24, 2.45) is 0 Å². The number of halogens is 2. The van der Waals surface area contributed by atoms with Crippen LogP contribution in [-0.2, 0) is 9.53 Å². The maximum atomic E-state index is 13.6. The largest absolute Gasteiger partial charge is 0.497 e. The third kappa shape index (κ3) is 4.57. The van der Waals surface area contributed by atoms with Gasteiger partial charge in [-0.2, -0.15) is 0 Å². The quantitative estimate of drug-likeness (QED) is 0.735. The first-order valence-electron chi connectivity index (χ1n) is 8.77. The first-order chi connectivity index (χ1) is 13.5. The molecule has 0 saturated carbocycles. The second-order valence-corrected chi connectivity index (χ2v) is 6.27. The van der Waals surface area contributed by atoms with Crippen LogP contribution in [0.1, 0.15) is 10.4 Å². The summed E-state index contributed by atoms with van der Waals surface area (Å²) >= 11 is 0. The number of hydrogen-bond donors (Lipinski definition) is 0. The molecule has 2 aromatic carbocycles. The number of esters is 1. The summed E-state index contributed by atoms with van der Waals surface area (Å²) in [6, 6.07) is 10.2. The van der Waals surface area contributed by atoms with Gasteiger partial charge in [-0.25, -0.2) is 13.6 Å². The predicted molar refractivity (Wildman–Crippen MR) is 98.4 cm³/mol. The van der Waals surface area contributed by atoms with Gasteiger partial charge in [0.15, 0.2) is 6.61 Å². The normalized spacial score (nSPS) is 14.0. The number of amides is 1. The smallest absolute Gasteiger partial charge is 0.341 e. The molecule has 0 atom stereocenters. The Kier molecular flexibility index (Phi) is 6.08. The molecule has 0 spiro atoms. The Bertz CT molecular complexity index is 850. The van der Waals surface area contributed by atoms with E-state index >= 15 is 0 Å². The van der Waals surface area contributed by atoms with Crippen LogP contribution in [0, 0.1) is 11.6 Å². The molecular formula is C20H20F2N2O4. The molecule has 28 heavy (non-hydrogen) atoms. The van der Waals surface area contributed by atoms with Gasteiger partial charge in [-0.1, -0.05) is 0 Å². The fraction of sp³-hybridized carbons (Fsp3) is 0.300. The number of piperazine rings is 1. The van der Waals surface area contributed by atoms with Crippen molar-refractivity contribution >= 4 is 17.6 Å². The molecule has 1 aliphatic heterocycles. The number of nitrogens with zero attached hydrogens (tertiary/aromatic N) is 2. The monoisotopic (exact) mass is 390 g/mol. The van der Waals surface area contributed by atoms with Crippen LogP contribution in [-0.4, -0.2) is 56.7 Å². The summed E-state index contributed by atoms with van der Waals surface area (Å²) in [4.78, 5) is 27.9. The number of benzene rings is 2. The van der Waals surface area contributed by atoms with Gasteiger partial charge in [0.25, 0.3) is 5.91 Å². The lowest BCUT2D eigenvalue weighted by atomic mass is 10.2. The number of methoxy groups -OCH3 is 1. The molecule has 0 radical (unpaired) electrons. The third-order valence-corrected chi connectivity index (χ3v) is 4.55. The van der Waals surface area contributed by atoms with Crippen molar-refractivity contribution in [1.82, 2.24) is 4.90 Å². The zero-order valence-electron chi connectivity index (χ0n) is 15.4. The Morgan fingerprint density at radius 2 is 1.68 bits per heavy atom. The van der Waals surface area contributed by atoms with Crippen molar-refractivity contribution in [3.8, 4) is 5.75 Å². The summed E-state index contributed by atoms with van der Waals surface area (Å²) < 4.78 is 36.5. The van der Waals surface area contributed by atoms with E-state index < -0.39 is 29.8 Å². The van der Waals surface area contributed by atoms with Crippen LogP contribution < -0.4 is 9.64 Å². The minimum Gasteiger partial charge on any atom is -0.497 e. The second kappa shape index (κ2) is 8.69. The van der Waals surface area contributed by atoms with Gasteiger partial charge >= 0.3 is 5.97 Å². The number of carbonyl (C=O) groups excluding carboxylic acids is 2. The van der Waals surface area contributed by atoms with Gasteiger partial charge in [-0.3, -0.25) is 4.79 Å². The first-order valence-corrected chi connectivity index (χ1v) is 8.77. The Labute approximate surface area is 161 Å². The van der Waals surface area contributed by atoms with Crippen LogP contribution in [0.2, 0.25) is 0 Å². The van der Waals surface area contributed by atoms with Crippen molar-refractivity contribution in [3.05, 3.63) is 59.7 Å². The van der Waals surface area contributed by atoms with Crippen molar-refractivity contribution in [1.29, 1.82) is 0 Å². The number of ether oxygens (including phenoxy) is 2. The molecule has 1 saturated heterocycles. The number of rotatable bonds is 5. The molecule has 1 amide bonds. The zero-order valence-corrected chi connectivity index (χ0v) is 15.4. The van der Waals surface area contributed by atoms with E-state index in [4.69, 9.17) is 9.47 Å². The Morgan fingerprint density at radius 3 is 2.29 bits per heavy atom. The molecule has 0 aromatic heterocycles. The van der Waals surface area contributed by atoms with Crippen LogP contribution in [0.3, 0.4) is 0 Å². The van der Waals surface area contributed by atoms with Gasteiger partial charge < -0.3 is 19.3 Å². The van der Waals surface area contributed by atoms with E-state index in [-0.39, 0.29) is 5.91 Å². The van der Waals surface area contributed by atoms with E-state index in [0.29, 0.717) is 32.2 Å². The van der Waals surface area contributed by atoms with Gasteiger partial charge in [0.1, 0.15) is 17.4 Å². The van der Waals surface area contributed by atoms with E-state index in [1.165, 1.54) is 0 Å². The molecule has 2 aromatic rings. The highest BCUT2D eigenvalue weighted by Gasteiger charge is 2.23. The van der Waals surface area contributed by atoms with E-state index in [1.807, 2.05) is 24.3 Å². The van der Waals surface area contributed by atoms with Crippen molar-refractivity contribution < 1.29 is 27.8 Å². The minimum absolute atomic E-state index is 0.356. The molecule has 148 valence electrons. The highest BCUT2D eigenvalue weighted by molar-refractivity contribution is 5.91. The van der Waals surface area contributed by atoms with Crippen LogP contribution in [0.25, 0.3) is 0 Å². The standard InChI is InChI=1S/C20H20F2N2O4/c1-27-16-5-3-15(4-6-16)23-8-10-24(11-9-23)19(25)13-28-20(26)17-7-2-14(21)12-18(17)22/h2-7,12H,8-11,13H2,1H3. The highest BCUT2D eigenvalue weighted by atomic mass is 19.1. The van der Waals surface area contributed by atoms with E-state index in [1.54, 1.807) is 12.0 Å². The average Bonchev–Trinajstić information content (AvgIpc) is 2.72. The predicted octanol–water partition coefficient (Wildman–Crippen LogP) is 2.48. The second-order valence-electron chi connectivity index (χ2n) is 6.27. The Hall–Kier alpha value is -3.16. The lowest BCUT2D eigenvalue weighted by Crippen LogP contribution is -2.49. The SMILES string of the molecule is COc1ccc(N2CCN(C(=O)COC(=O)c3ccc(F)cc3F)CC2)cc1. The van der Waals surface area contributed by atoms with Gasteiger partial charge in [-0.15, -0.1) is 0 Å². The maximum absolute atomic E-state index is 13.6. The fourth-order valence-electron chi connectivity index (χ4n) is 2.96. The Morgan fingerprint density at radius 1 is 1.00 bits per heavy atom. The minimum atomic E-state index is -1.02. The molecule has 0 unspecified atom stereocenters. The molecule has 0 bridgehead atoms. The van der Waals surface area contributed by atoms with Crippen LogP contribution in [0.5, 0.6) is 5.75 Å². The molecular weight excluding hydrogens is 370 g/mol. The molecule has 6 nitrogen and oxygen atoms in total. The van der Waals surface area contributed by atoms with Gasteiger partial charge in [-0.05, 0) is 36.4 Å². The molecule has 1 fully saturated rings. The lowest BCUT2D eigenvalue weighted by molar-refractivity contribution is -0.134. The summed E-state index contributed by atoms with van der Waals surface area (Å²) in [6.45, 7) is 1.75. The number of hydrogen-bond acceptors (Lipinski definition) is 5. The molecule has 8 heteroatoms. The third-order valence-electron chi connectivity index (χ3n) is 4.55. The van der Waals surface area contributed by atoms with Gasteiger partial charge in [0.05, 0.1) is 12.7 Å². The van der Waals surface area contributed by atoms with Crippen LogP contribution in [0.4, 0.5) is 14.5 Å². The zero-order chi connectivity index (χ0) is 20.1. The van der Waals surface area contributed by atoms with Crippen LogP contribution in [0.15, 0.2) is 42.5 Å². The lowest BCUT2D eigenvalue weighted by Gasteiger charge is -2.36. The summed E-state index contributed by atoms with van der Waals surface area (Å²) in [5, 5.41) is 0. The highest BCUT2D eigenvalue weighted by Crippen LogP contribution is 2.20. The number of carbonyl (C=O) groups is 2. The van der Waals surface area contributed by atoms with Crippen LogP contribution >= 0.6 is 0 Å². The maximum Gasteiger partial charge on any atom is 0.341 e. The van der Waals surface area contributed by atoms with E-state index in [2.05, 4.69) is 4.90 Å². The van der Waals surface area contributed by atoms with Crippen molar-refractivity contribution in [2.45, 2.75) is 0 Å². The molecule has 0 aliphatic carbocycles. The van der Waals surface area contributed by atoms with E-state index in [0.717, 1.165) is 23.6 Å². The topological polar surface area (TPSA) is 59.1 Å². The summed E-state index contributed by atoms with van der Waals surface area (Å²) in [7, 11) is 1.61. The summed E-state index contributed by atoms with van der Waals surface area (Å²) in [6.07, 6.45) is 0. The molecule has 1 heterocycles. The summed E-state index contributed by atoms with van der Waals surface area (Å²) in [5.41, 5.74) is 0.629. The van der Waals surface area contributed by atoms with Crippen molar-refractivity contribution in [3.63, 3.8) is 0 Å². The van der Waals surface area contributed by atoms with Gasteiger partial charge in [0.2, 0.25) is 0 Å². The molecule has 1 aliphatic rings.